The molecule has 2 unspecified atom stereocenters. The largest absolute Gasteiger partial charge is 0.338 e. The third-order valence-electron chi connectivity index (χ3n) is 3.76. The smallest absolute Gasteiger partial charge is 0.243 e. The molecule has 0 aromatic carbocycles. The van der Waals surface area contributed by atoms with Gasteiger partial charge in [-0.3, -0.25) is 4.79 Å². The number of carbonyl (C=O) groups excluding carboxylic acids is 1. The van der Waals surface area contributed by atoms with Crippen molar-refractivity contribution < 1.29 is 4.79 Å². The molecule has 1 amide bonds. The van der Waals surface area contributed by atoms with Crippen molar-refractivity contribution in [3.8, 4) is 6.07 Å². The van der Waals surface area contributed by atoms with Crippen LogP contribution < -0.4 is 0 Å². The Bertz CT molecular complexity index is 306. The van der Waals surface area contributed by atoms with E-state index in [1.54, 1.807) is 6.92 Å². The van der Waals surface area contributed by atoms with Crippen LogP contribution in [-0.4, -0.2) is 23.4 Å². The number of likely N-dealkylation sites (tertiary alicyclic amines) is 1. The Hall–Kier alpha value is -1.04. The molecule has 0 aromatic rings. The number of amides is 1. The summed E-state index contributed by atoms with van der Waals surface area (Å²) in [5.74, 6) is 0.500. The van der Waals surface area contributed by atoms with Crippen LogP contribution in [0.5, 0.6) is 0 Å². The van der Waals surface area contributed by atoms with E-state index in [9.17, 15) is 4.79 Å². The number of hydrogen-bond donors (Lipinski definition) is 0. The van der Waals surface area contributed by atoms with Crippen molar-refractivity contribution >= 4 is 5.91 Å². The Kier molecular flexibility index (Phi) is 3.96. The first kappa shape index (κ1) is 13.0. The van der Waals surface area contributed by atoms with Gasteiger partial charge >= 0.3 is 0 Å². The molecule has 16 heavy (non-hydrogen) atoms. The van der Waals surface area contributed by atoms with Crippen LogP contribution in [-0.2, 0) is 4.79 Å². The van der Waals surface area contributed by atoms with Gasteiger partial charge in [0.05, 0.1) is 6.07 Å². The van der Waals surface area contributed by atoms with Crippen molar-refractivity contribution in [3.63, 3.8) is 0 Å². The lowest BCUT2D eigenvalue weighted by atomic mass is 9.87. The molecule has 2 atom stereocenters. The highest BCUT2D eigenvalue weighted by molar-refractivity contribution is 5.85. The second-order valence-electron chi connectivity index (χ2n) is 5.25. The van der Waals surface area contributed by atoms with E-state index in [0.717, 1.165) is 19.4 Å². The summed E-state index contributed by atoms with van der Waals surface area (Å²) in [6.45, 7) is 8.77. The average Bonchev–Trinajstić information content (AvgIpc) is 2.75. The van der Waals surface area contributed by atoms with Gasteiger partial charge in [0.25, 0.3) is 0 Å². The fourth-order valence-electron chi connectivity index (χ4n) is 2.33. The molecule has 0 N–H and O–H groups in total. The second-order valence-corrected chi connectivity index (χ2v) is 5.25. The Morgan fingerprint density at radius 1 is 1.62 bits per heavy atom. The van der Waals surface area contributed by atoms with Gasteiger partial charge in [0.2, 0.25) is 5.91 Å². The van der Waals surface area contributed by atoms with Gasteiger partial charge in [-0.05, 0) is 32.1 Å². The van der Waals surface area contributed by atoms with Gasteiger partial charge in [-0.1, -0.05) is 20.8 Å². The topological polar surface area (TPSA) is 44.1 Å². The second kappa shape index (κ2) is 4.86. The summed E-state index contributed by atoms with van der Waals surface area (Å²) >= 11 is 0. The molecular formula is C13H22N2O. The number of hydrogen-bond acceptors (Lipinski definition) is 2. The van der Waals surface area contributed by atoms with Crippen molar-refractivity contribution in [1.29, 1.82) is 5.26 Å². The lowest BCUT2D eigenvalue weighted by Gasteiger charge is -2.32. The van der Waals surface area contributed by atoms with Gasteiger partial charge in [-0.2, -0.15) is 5.26 Å². The molecule has 1 fully saturated rings. The fraction of sp³-hybridized carbons (Fsp3) is 0.846. The van der Waals surface area contributed by atoms with Crippen LogP contribution in [0.4, 0.5) is 0 Å². The minimum atomic E-state index is -0.836. The van der Waals surface area contributed by atoms with E-state index < -0.39 is 5.41 Å². The molecule has 1 rings (SSSR count). The van der Waals surface area contributed by atoms with Crippen molar-refractivity contribution in [3.05, 3.63) is 0 Å². The predicted octanol–water partition coefficient (Wildman–Crippen LogP) is 2.57. The first-order chi connectivity index (χ1) is 7.46. The molecule has 0 aliphatic carbocycles. The van der Waals surface area contributed by atoms with E-state index >= 15 is 0 Å². The van der Waals surface area contributed by atoms with Crippen molar-refractivity contribution in [1.82, 2.24) is 4.90 Å². The maximum Gasteiger partial charge on any atom is 0.243 e. The first-order valence-electron chi connectivity index (χ1n) is 6.18. The van der Waals surface area contributed by atoms with E-state index in [4.69, 9.17) is 5.26 Å². The summed E-state index contributed by atoms with van der Waals surface area (Å²) in [5.41, 5.74) is -0.836. The van der Waals surface area contributed by atoms with Gasteiger partial charge in [0.15, 0.2) is 0 Å². The fourth-order valence-corrected chi connectivity index (χ4v) is 2.33. The molecule has 0 saturated carbocycles. The molecular weight excluding hydrogens is 200 g/mol. The summed E-state index contributed by atoms with van der Waals surface area (Å²) < 4.78 is 0. The Morgan fingerprint density at radius 2 is 2.25 bits per heavy atom. The van der Waals surface area contributed by atoms with E-state index in [0.29, 0.717) is 18.4 Å². The van der Waals surface area contributed by atoms with Crippen LogP contribution in [0.1, 0.15) is 47.0 Å². The molecule has 90 valence electrons. The van der Waals surface area contributed by atoms with Crippen LogP contribution in [0.25, 0.3) is 0 Å². The van der Waals surface area contributed by atoms with Crippen LogP contribution >= 0.6 is 0 Å². The highest BCUT2D eigenvalue weighted by Gasteiger charge is 2.40. The molecule has 1 saturated heterocycles. The zero-order valence-corrected chi connectivity index (χ0v) is 10.8. The maximum atomic E-state index is 12.3. The Balaban J connectivity index is 2.85. The minimum absolute atomic E-state index is 0.0219. The Labute approximate surface area is 98.4 Å². The number of carbonyl (C=O) groups is 1. The SMILES string of the molecule is CCC(C)(C#N)C(=O)N1CCCC1C(C)C. The van der Waals surface area contributed by atoms with Gasteiger partial charge in [-0.15, -0.1) is 0 Å². The van der Waals surface area contributed by atoms with Gasteiger partial charge in [0.1, 0.15) is 5.41 Å². The van der Waals surface area contributed by atoms with E-state index in [1.807, 2.05) is 11.8 Å². The zero-order valence-electron chi connectivity index (χ0n) is 10.8. The molecule has 1 heterocycles. The van der Waals surface area contributed by atoms with Gasteiger partial charge in [0, 0.05) is 12.6 Å². The molecule has 1 aliphatic rings. The zero-order chi connectivity index (χ0) is 12.3. The Morgan fingerprint density at radius 3 is 2.69 bits per heavy atom. The van der Waals surface area contributed by atoms with Crippen LogP contribution in [0.15, 0.2) is 0 Å². The van der Waals surface area contributed by atoms with Crippen LogP contribution in [0.2, 0.25) is 0 Å². The highest BCUT2D eigenvalue weighted by atomic mass is 16.2. The summed E-state index contributed by atoms with van der Waals surface area (Å²) in [6, 6.07) is 2.50. The average molecular weight is 222 g/mol. The van der Waals surface area contributed by atoms with Gasteiger partial charge in [-0.25, -0.2) is 0 Å². The lowest BCUT2D eigenvalue weighted by molar-refractivity contribution is -0.140. The van der Waals surface area contributed by atoms with Crippen LogP contribution in [0, 0.1) is 22.7 Å². The number of nitriles is 1. The molecule has 0 radical (unpaired) electrons. The highest BCUT2D eigenvalue weighted by Crippen LogP contribution is 2.30. The predicted molar refractivity (Wildman–Crippen MR) is 63.6 cm³/mol. The third kappa shape index (κ3) is 2.21. The number of rotatable bonds is 3. The molecule has 0 bridgehead atoms. The van der Waals surface area contributed by atoms with Crippen LogP contribution in [0.3, 0.4) is 0 Å². The lowest BCUT2D eigenvalue weighted by Crippen LogP contribution is -2.45. The van der Waals surface area contributed by atoms with Crippen molar-refractivity contribution in [2.75, 3.05) is 6.54 Å². The summed E-state index contributed by atoms with van der Waals surface area (Å²) in [7, 11) is 0. The normalized spacial score (nSPS) is 24.2. The maximum absolute atomic E-state index is 12.3. The summed E-state index contributed by atoms with van der Waals surface area (Å²) in [5, 5.41) is 9.14. The standard InChI is InChI=1S/C13H22N2O/c1-5-13(4,9-14)12(16)15-8-6-7-11(15)10(2)3/h10-11H,5-8H2,1-4H3. The minimum Gasteiger partial charge on any atom is -0.338 e. The van der Waals surface area contributed by atoms with Crippen molar-refractivity contribution in [2.45, 2.75) is 53.0 Å². The van der Waals surface area contributed by atoms with E-state index in [1.165, 1.54) is 0 Å². The molecule has 3 heteroatoms. The molecule has 3 nitrogen and oxygen atoms in total. The van der Waals surface area contributed by atoms with E-state index in [2.05, 4.69) is 19.9 Å². The molecule has 0 aromatic heterocycles. The molecule has 1 aliphatic heterocycles. The molecule has 0 spiro atoms. The quantitative estimate of drug-likeness (QED) is 0.736. The first-order valence-corrected chi connectivity index (χ1v) is 6.18. The summed E-state index contributed by atoms with van der Waals surface area (Å²) in [4.78, 5) is 14.3. The monoisotopic (exact) mass is 222 g/mol. The van der Waals surface area contributed by atoms with E-state index in [-0.39, 0.29) is 5.91 Å². The summed E-state index contributed by atoms with van der Waals surface area (Å²) in [6.07, 6.45) is 2.73. The van der Waals surface area contributed by atoms with Crippen molar-refractivity contribution in [2.24, 2.45) is 11.3 Å². The van der Waals surface area contributed by atoms with Gasteiger partial charge < -0.3 is 4.90 Å². The third-order valence-corrected chi connectivity index (χ3v) is 3.76. The number of nitrogens with zero attached hydrogens (tertiary/aromatic N) is 2.